The highest BCUT2D eigenvalue weighted by Crippen LogP contribution is 2.36. The van der Waals surface area contributed by atoms with Gasteiger partial charge in [0, 0.05) is 25.7 Å². The van der Waals surface area contributed by atoms with Gasteiger partial charge in [0.05, 0.1) is 22.3 Å². The van der Waals surface area contributed by atoms with Gasteiger partial charge >= 0.3 is 12.2 Å². The monoisotopic (exact) mass is 408 g/mol. The molecule has 0 unspecified atom stereocenters. The van der Waals surface area contributed by atoms with E-state index in [1.807, 2.05) is 6.92 Å². The lowest BCUT2D eigenvalue weighted by Crippen LogP contribution is -2.31. The minimum Gasteiger partial charge on any atom is -0.355 e. The van der Waals surface area contributed by atoms with Gasteiger partial charge in [0.2, 0.25) is 0 Å². The third-order valence-corrected chi connectivity index (χ3v) is 5.62. The number of rotatable bonds is 4. The van der Waals surface area contributed by atoms with Crippen molar-refractivity contribution >= 4 is 22.5 Å². The molecule has 0 spiro atoms. The first-order valence-corrected chi connectivity index (χ1v) is 9.25. The summed E-state index contributed by atoms with van der Waals surface area (Å²) in [6.45, 7) is 3.00. The van der Waals surface area contributed by atoms with Crippen LogP contribution in [0.5, 0.6) is 0 Å². The molecule has 3 heterocycles. The molecular weight excluding hydrogens is 393 g/mol. The molecule has 146 valence electrons. The number of urea groups is 1. The van der Waals surface area contributed by atoms with Gasteiger partial charge in [-0.05, 0) is 24.6 Å². The number of halogens is 3. The van der Waals surface area contributed by atoms with E-state index < -0.39 is 11.7 Å². The number of hydrogen-bond donors (Lipinski definition) is 0. The lowest BCUT2D eigenvalue weighted by molar-refractivity contribution is -0.137. The maximum atomic E-state index is 12.7. The Bertz CT molecular complexity index is 983. The van der Waals surface area contributed by atoms with Crippen molar-refractivity contribution in [1.82, 2.24) is 15.0 Å². The number of anilines is 1. The molecule has 0 saturated carbocycles. The molecule has 0 aliphatic carbocycles. The summed E-state index contributed by atoms with van der Waals surface area (Å²) in [5.41, 5.74) is 0.676. The van der Waals surface area contributed by atoms with Crippen molar-refractivity contribution in [2.24, 2.45) is 0 Å². The van der Waals surface area contributed by atoms with Crippen LogP contribution >= 0.6 is 11.3 Å². The summed E-state index contributed by atoms with van der Waals surface area (Å²) in [6, 6.07) is 6.36. The number of amides is 2. The van der Waals surface area contributed by atoms with Crippen LogP contribution in [0.4, 0.5) is 23.1 Å². The fourth-order valence-corrected chi connectivity index (χ4v) is 4.03. The molecule has 6 nitrogen and oxygen atoms in total. The van der Waals surface area contributed by atoms with Gasteiger partial charge in [-0.1, -0.05) is 28.6 Å². The second-order valence-electron chi connectivity index (χ2n) is 6.34. The van der Waals surface area contributed by atoms with Crippen LogP contribution < -0.4 is 4.90 Å². The molecule has 0 bridgehead atoms. The SMILES string of the molecule is Cc1nc(N2CCN(Cc3ccc(C(F)(F)F)cc3)C2=O)sc1-c1ccno1. The van der Waals surface area contributed by atoms with E-state index in [2.05, 4.69) is 10.1 Å². The summed E-state index contributed by atoms with van der Waals surface area (Å²) >= 11 is 1.34. The Balaban J connectivity index is 1.48. The van der Waals surface area contributed by atoms with E-state index in [0.29, 0.717) is 29.5 Å². The van der Waals surface area contributed by atoms with Crippen LogP contribution in [0, 0.1) is 6.92 Å². The van der Waals surface area contributed by atoms with E-state index >= 15 is 0 Å². The summed E-state index contributed by atoms with van der Waals surface area (Å²) in [5.74, 6) is 0.592. The molecule has 0 N–H and O–H groups in total. The molecule has 0 atom stereocenters. The van der Waals surface area contributed by atoms with Crippen molar-refractivity contribution in [3.05, 3.63) is 53.3 Å². The number of carbonyl (C=O) groups is 1. The normalized spacial score (nSPS) is 14.9. The molecule has 2 aromatic heterocycles. The first-order valence-electron chi connectivity index (χ1n) is 8.44. The average molecular weight is 408 g/mol. The van der Waals surface area contributed by atoms with Crippen molar-refractivity contribution in [2.75, 3.05) is 18.0 Å². The Morgan fingerprint density at radius 2 is 1.93 bits per heavy atom. The van der Waals surface area contributed by atoms with Crippen LogP contribution in [0.15, 0.2) is 41.1 Å². The molecule has 28 heavy (non-hydrogen) atoms. The van der Waals surface area contributed by atoms with Crippen LogP contribution in [-0.2, 0) is 12.7 Å². The number of carbonyl (C=O) groups excluding carboxylic acids is 1. The first-order chi connectivity index (χ1) is 13.3. The standard InChI is InChI=1S/C18H15F3N4O2S/c1-11-15(14-6-7-22-27-14)28-16(23-11)25-9-8-24(17(25)26)10-12-2-4-13(5-3-12)18(19,20)21/h2-7H,8-10H2,1H3. The van der Waals surface area contributed by atoms with Crippen LogP contribution in [0.3, 0.4) is 0 Å². The summed E-state index contributed by atoms with van der Waals surface area (Å²) in [7, 11) is 0. The highest BCUT2D eigenvalue weighted by Gasteiger charge is 2.33. The van der Waals surface area contributed by atoms with Crippen molar-refractivity contribution < 1.29 is 22.5 Å². The molecule has 1 aliphatic heterocycles. The number of aromatic nitrogens is 2. The number of benzene rings is 1. The highest BCUT2D eigenvalue weighted by molar-refractivity contribution is 7.19. The van der Waals surface area contributed by atoms with Crippen molar-refractivity contribution in [3.8, 4) is 10.6 Å². The maximum absolute atomic E-state index is 12.7. The molecule has 1 saturated heterocycles. The molecule has 4 rings (SSSR count). The van der Waals surface area contributed by atoms with Gasteiger partial charge in [-0.2, -0.15) is 13.2 Å². The van der Waals surface area contributed by atoms with Gasteiger partial charge in [-0.15, -0.1) is 0 Å². The van der Waals surface area contributed by atoms with Crippen molar-refractivity contribution in [3.63, 3.8) is 0 Å². The fraction of sp³-hybridized carbons (Fsp3) is 0.278. The highest BCUT2D eigenvalue weighted by atomic mass is 32.1. The largest absolute Gasteiger partial charge is 0.416 e. The Kier molecular flexibility index (Phi) is 4.58. The zero-order valence-electron chi connectivity index (χ0n) is 14.7. The number of aryl methyl sites for hydroxylation is 1. The average Bonchev–Trinajstić information content (AvgIpc) is 3.36. The minimum absolute atomic E-state index is 0.224. The topological polar surface area (TPSA) is 62.5 Å². The molecule has 1 aromatic carbocycles. The van der Waals surface area contributed by atoms with Crippen molar-refractivity contribution in [2.45, 2.75) is 19.6 Å². The second kappa shape index (κ2) is 6.93. The van der Waals surface area contributed by atoms with Crippen LogP contribution in [-0.4, -0.2) is 34.2 Å². The van der Waals surface area contributed by atoms with E-state index in [1.54, 1.807) is 22.1 Å². The first kappa shape index (κ1) is 18.5. The molecule has 1 fully saturated rings. The number of alkyl halides is 3. The number of thiazole rings is 1. The summed E-state index contributed by atoms with van der Waals surface area (Å²) < 4.78 is 43.2. The second-order valence-corrected chi connectivity index (χ2v) is 7.32. The Morgan fingerprint density at radius 3 is 2.57 bits per heavy atom. The van der Waals surface area contributed by atoms with Gasteiger partial charge in [-0.3, -0.25) is 4.90 Å². The minimum atomic E-state index is -4.37. The smallest absolute Gasteiger partial charge is 0.355 e. The molecule has 0 radical (unpaired) electrons. The molecule has 10 heteroatoms. The lowest BCUT2D eigenvalue weighted by atomic mass is 10.1. The Labute approximate surface area is 162 Å². The fourth-order valence-electron chi connectivity index (χ4n) is 2.99. The van der Waals surface area contributed by atoms with E-state index in [9.17, 15) is 18.0 Å². The third-order valence-electron chi connectivity index (χ3n) is 4.43. The van der Waals surface area contributed by atoms with E-state index in [4.69, 9.17) is 4.52 Å². The van der Waals surface area contributed by atoms with Gasteiger partial charge in [0.1, 0.15) is 0 Å². The van der Waals surface area contributed by atoms with Gasteiger partial charge in [0.25, 0.3) is 0 Å². The summed E-state index contributed by atoms with van der Waals surface area (Å²) in [6.07, 6.45) is -2.83. The predicted molar refractivity (Wildman–Crippen MR) is 96.9 cm³/mol. The van der Waals surface area contributed by atoms with Gasteiger partial charge < -0.3 is 9.42 Å². The van der Waals surface area contributed by atoms with Crippen LogP contribution in [0.1, 0.15) is 16.8 Å². The lowest BCUT2D eigenvalue weighted by Gasteiger charge is -2.17. The molecular formula is C18H15F3N4O2S. The van der Waals surface area contributed by atoms with E-state index in [0.717, 1.165) is 22.7 Å². The number of nitrogens with zero attached hydrogens (tertiary/aromatic N) is 4. The quantitative estimate of drug-likeness (QED) is 0.635. The Hall–Kier alpha value is -2.88. The summed E-state index contributed by atoms with van der Waals surface area (Å²) in [4.78, 5) is 21.2. The van der Waals surface area contributed by atoms with Crippen molar-refractivity contribution in [1.29, 1.82) is 0 Å². The molecule has 2 amide bonds. The zero-order valence-corrected chi connectivity index (χ0v) is 15.5. The Morgan fingerprint density at radius 1 is 1.18 bits per heavy atom. The van der Waals surface area contributed by atoms with Gasteiger partial charge in [-0.25, -0.2) is 9.78 Å². The number of hydrogen-bond acceptors (Lipinski definition) is 5. The van der Waals surface area contributed by atoms with E-state index in [-0.39, 0.29) is 12.6 Å². The van der Waals surface area contributed by atoms with Gasteiger partial charge in [0.15, 0.2) is 10.9 Å². The van der Waals surface area contributed by atoms with Crippen LogP contribution in [0.2, 0.25) is 0 Å². The summed E-state index contributed by atoms with van der Waals surface area (Å²) in [5, 5.41) is 4.25. The molecule has 1 aliphatic rings. The predicted octanol–water partition coefficient (Wildman–Crippen LogP) is 4.57. The molecule has 3 aromatic rings. The third kappa shape index (κ3) is 3.47. The van der Waals surface area contributed by atoms with Crippen LogP contribution in [0.25, 0.3) is 10.6 Å². The van der Waals surface area contributed by atoms with E-state index in [1.165, 1.54) is 23.5 Å². The zero-order chi connectivity index (χ0) is 19.9. The maximum Gasteiger partial charge on any atom is 0.416 e.